The van der Waals surface area contributed by atoms with Gasteiger partial charge in [-0.25, -0.2) is 15.0 Å². The number of para-hydroxylation sites is 1. The summed E-state index contributed by atoms with van der Waals surface area (Å²) in [4.78, 5) is 15.5. The van der Waals surface area contributed by atoms with E-state index in [1.807, 2.05) is 30.3 Å². The highest BCUT2D eigenvalue weighted by Gasteiger charge is 2.17. The number of benzene rings is 9. The Bertz CT molecular complexity index is 3230. The topological polar surface area (TPSA) is 51.8 Å². The van der Waals surface area contributed by atoms with Gasteiger partial charge in [-0.05, 0) is 84.5 Å². The Labute approximate surface area is 304 Å². The van der Waals surface area contributed by atoms with Gasteiger partial charge in [0.1, 0.15) is 11.2 Å². The Kier molecular flexibility index (Phi) is 6.52. The number of rotatable bonds is 4. The van der Waals surface area contributed by atoms with Gasteiger partial charge in [0.25, 0.3) is 0 Å². The van der Waals surface area contributed by atoms with E-state index in [4.69, 9.17) is 19.4 Å². The fourth-order valence-electron chi connectivity index (χ4n) is 7.85. The molecular formula is C49H29N3O. The lowest BCUT2D eigenvalue weighted by molar-refractivity contribution is 0.669. The zero-order valence-electron chi connectivity index (χ0n) is 28.5. The van der Waals surface area contributed by atoms with Gasteiger partial charge in [-0.2, -0.15) is 0 Å². The highest BCUT2D eigenvalue weighted by atomic mass is 16.3. The van der Waals surface area contributed by atoms with E-state index in [0.717, 1.165) is 49.6 Å². The zero-order valence-corrected chi connectivity index (χ0v) is 28.5. The fraction of sp³-hybridized carbons (Fsp3) is 0. The molecule has 0 spiro atoms. The van der Waals surface area contributed by atoms with Crippen LogP contribution in [0, 0.1) is 0 Å². The lowest BCUT2D eigenvalue weighted by Gasteiger charge is -2.13. The average molecular weight is 676 g/mol. The molecule has 0 aliphatic carbocycles. The number of aromatic nitrogens is 3. The SMILES string of the molecule is c1ccc2cc(-c3ccc(-c4nc(-c5ccc6oc7ccccc7c6c5)nc(-c5cccc6c5ccc5c7ccccc7ccc65)n4)cc3)ccc2c1. The summed E-state index contributed by atoms with van der Waals surface area (Å²) in [6.45, 7) is 0. The van der Waals surface area contributed by atoms with Crippen LogP contribution in [0.15, 0.2) is 180 Å². The fourth-order valence-corrected chi connectivity index (χ4v) is 7.85. The second-order valence-electron chi connectivity index (χ2n) is 13.6. The summed E-state index contributed by atoms with van der Waals surface area (Å²) in [6, 6.07) is 61.8. The highest BCUT2D eigenvalue weighted by molar-refractivity contribution is 6.19. The van der Waals surface area contributed by atoms with Crippen molar-refractivity contribution in [2.24, 2.45) is 0 Å². The third-order valence-electron chi connectivity index (χ3n) is 10.5. The Balaban J connectivity index is 1.09. The van der Waals surface area contributed by atoms with Crippen LogP contribution in [0.3, 0.4) is 0 Å². The molecule has 4 heteroatoms. The summed E-state index contributed by atoms with van der Waals surface area (Å²) in [7, 11) is 0. The lowest BCUT2D eigenvalue weighted by Crippen LogP contribution is -2.00. The number of furan rings is 1. The van der Waals surface area contributed by atoms with Gasteiger partial charge < -0.3 is 4.42 Å². The molecule has 2 aromatic heterocycles. The average Bonchev–Trinajstić information content (AvgIpc) is 3.61. The van der Waals surface area contributed by atoms with Gasteiger partial charge in [-0.1, -0.05) is 146 Å². The molecule has 11 rings (SSSR count). The molecule has 2 heterocycles. The van der Waals surface area contributed by atoms with E-state index in [2.05, 4.69) is 146 Å². The van der Waals surface area contributed by atoms with E-state index in [0.29, 0.717) is 17.5 Å². The first-order valence-electron chi connectivity index (χ1n) is 17.8. The van der Waals surface area contributed by atoms with E-state index < -0.39 is 0 Å². The summed E-state index contributed by atoms with van der Waals surface area (Å²) >= 11 is 0. The first-order chi connectivity index (χ1) is 26.2. The Morgan fingerprint density at radius 3 is 1.74 bits per heavy atom. The summed E-state index contributed by atoms with van der Waals surface area (Å²) in [5.41, 5.74) is 6.79. The molecule has 0 atom stereocenters. The van der Waals surface area contributed by atoms with Crippen molar-refractivity contribution in [2.45, 2.75) is 0 Å². The second kappa shape index (κ2) is 11.7. The van der Waals surface area contributed by atoms with E-state index in [1.165, 1.54) is 43.3 Å². The maximum Gasteiger partial charge on any atom is 0.164 e. The van der Waals surface area contributed by atoms with Crippen LogP contribution in [0.1, 0.15) is 0 Å². The monoisotopic (exact) mass is 675 g/mol. The van der Waals surface area contributed by atoms with E-state index in [-0.39, 0.29) is 0 Å². The van der Waals surface area contributed by atoms with E-state index >= 15 is 0 Å². The summed E-state index contributed by atoms with van der Waals surface area (Å²) in [5.74, 6) is 1.86. The minimum atomic E-state index is 0.611. The largest absolute Gasteiger partial charge is 0.456 e. The van der Waals surface area contributed by atoms with Crippen molar-refractivity contribution in [3.63, 3.8) is 0 Å². The molecule has 0 saturated heterocycles. The molecule has 0 aliphatic rings. The van der Waals surface area contributed by atoms with Crippen molar-refractivity contribution in [2.75, 3.05) is 0 Å². The molecule has 53 heavy (non-hydrogen) atoms. The normalized spacial score (nSPS) is 11.8. The van der Waals surface area contributed by atoms with Gasteiger partial charge in [0, 0.05) is 27.5 Å². The molecule has 0 saturated carbocycles. The van der Waals surface area contributed by atoms with Gasteiger partial charge in [0.15, 0.2) is 17.5 Å². The van der Waals surface area contributed by atoms with Gasteiger partial charge in [-0.15, -0.1) is 0 Å². The van der Waals surface area contributed by atoms with Crippen LogP contribution in [0.2, 0.25) is 0 Å². The van der Waals surface area contributed by atoms with Crippen molar-refractivity contribution in [1.29, 1.82) is 0 Å². The molecule has 11 aromatic rings. The van der Waals surface area contributed by atoms with Crippen molar-refractivity contribution in [3.8, 4) is 45.3 Å². The molecule has 9 aromatic carbocycles. The molecule has 0 fully saturated rings. The summed E-state index contributed by atoms with van der Waals surface area (Å²) in [5, 5.41) is 11.7. The summed E-state index contributed by atoms with van der Waals surface area (Å²) in [6.07, 6.45) is 0. The van der Waals surface area contributed by atoms with Crippen LogP contribution in [0.4, 0.5) is 0 Å². The molecule has 0 radical (unpaired) electrons. The predicted molar refractivity (Wildman–Crippen MR) is 219 cm³/mol. The van der Waals surface area contributed by atoms with Crippen LogP contribution in [-0.4, -0.2) is 15.0 Å². The second-order valence-corrected chi connectivity index (χ2v) is 13.6. The van der Waals surface area contributed by atoms with Gasteiger partial charge in [-0.3, -0.25) is 0 Å². The Morgan fingerprint density at radius 1 is 0.283 bits per heavy atom. The molecule has 0 amide bonds. The Morgan fingerprint density at radius 2 is 0.849 bits per heavy atom. The molecule has 0 N–H and O–H groups in total. The highest BCUT2D eigenvalue weighted by Crippen LogP contribution is 2.37. The number of hydrogen-bond acceptors (Lipinski definition) is 4. The van der Waals surface area contributed by atoms with Crippen LogP contribution < -0.4 is 0 Å². The van der Waals surface area contributed by atoms with Crippen LogP contribution >= 0.6 is 0 Å². The molecule has 0 aliphatic heterocycles. The van der Waals surface area contributed by atoms with Gasteiger partial charge in [0.05, 0.1) is 0 Å². The maximum absolute atomic E-state index is 6.16. The maximum atomic E-state index is 6.16. The standard InChI is InChI=1S/C49H29N3O/c1-2-10-34-28-35(21-18-30(34)8-1)31-16-19-33(20-17-31)47-50-48(36-23-27-46-44(29-36)42-12-5-6-15-45(42)53-46)52-49(51-47)43-14-7-13-38-40-24-22-32-9-3-4-11-37(32)39(40)25-26-41(38)43/h1-29H. The molecule has 0 unspecified atom stereocenters. The number of nitrogens with zero attached hydrogens (tertiary/aromatic N) is 3. The van der Waals surface area contributed by atoms with Crippen LogP contribution in [-0.2, 0) is 0 Å². The van der Waals surface area contributed by atoms with Crippen molar-refractivity contribution >= 4 is 65.0 Å². The van der Waals surface area contributed by atoms with Crippen molar-refractivity contribution in [3.05, 3.63) is 176 Å². The van der Waals surface area contributed by atoms with E-state index in [9.17, 15) is 0 Å². The quantitative estimate of drug-likeness (QED) is 0.174. The minimum Gasteiger partial charge on any atom is -0.456 e. The summed E-state index contributed by atoms with van der Waals surface area (Å²) < 4.78 is 6.16. The first kappa shape index (κ1) is 29.5. The minimum absolute atomic E-state index is 0.611. The molecule has 246 valence electrons. The van der Waals surface area contributed by atoms with Crippen LogP contribution in [0.25, 0.3) is 110 Å². The molecule has 4 nitrogen and oxygen atoms in total. The van der Waals surface area contributed by atoms with Gasteiger partial charge in [0.2, 0.25) is 0 Å². The molecular weight excluding hydrogens is 647 g/mol. The predicted octanol–water partition coefficient (Wildman–Crippen LogP) is 13.1. The lowest BCUT2D eigenvalue weighted by atomic mass is 9.95. The zero-order chi connectivity index (χ0) is 34.9. The first-order valence-corrected chi connectivity index (χ1v) is 17.8. The van der Waals surface area contributed by atoms with Crippen molar-refractivity contribution < 1.29 is 4.42 Å². The third-order valence-corrected chi connectivity index (χ3v) is 10.5. The van der Waals surface area contributed by atoms with Crippen molar-refractivity contribution in [1.82, 2.24) is 15.0 Å². The van der Waals surface area contributed by atoms with E-state index in [1.54, 1.807) is 0 Å². The third kappa shape index (κ3) is 4.88. The number of hydrogen-bond donors (Lipinski definition) is 0. The number of fused-ring (bicyclic) bond motifs is 9. The van der Waals surface area contributed by atoms with Crippen LogP contribution in [0.5, 0.6) is 0 Å². The molecule has 0 bridgehead atoms. The van der Waals surface area contributed by atoms with Gasteiger partial charge >= 0.3 is 0 Å². The smallest absolute Gasteiger partial charge is 0.164 e. The Hall–Kier alpha value is -7.17.